The van der Waals surface area contributed by atoms with Crippen molar-refractivity contribution in [3.63, 3.8) is 0 Å². The molecule has 3 nitrogen and oxygen atoms in total. The molecule has 2 N–H and O–H groups in total. The van der Waals surface area contributed by atoms with E-state index >= 15 is 0 Å². The summed E-state index contributed by atoms with van der Waals surface area (Å²) in [5, 5.41) is 18.4. The van der Waals surface area contributed by atoms with Gasteiger partial charge in [-0.05, 0) is 18.9 Å². The van der Waals surface area contributed by atoms with Crippen LogP contribution in [0.4, 0.5) is 0 Å². The molecular formula is C8H16O3Si. The Morgan fingerprint density at radius 3 is 2.67 bits per heavy atom. The number of fused-ring (bicyclic) bond motifs is 1. The van der Waals surface area contributed by atoms with Gasteiger partial charge in [-0.1, -0.05) is 0 Å². The van der Waals surface area contributed by atoms with Gasteiger partial charge in [0.25, 0.3) is 0 Å². The lowest BCUT2D eigenvalue weighted by Gasteiger charge is -2.20. The third-order valence-electron chi connectivity index (χ3n) is 3.69. The Morgan fingerprint density at radius 1 is 1.58 bits per heavy atom. The van der Waals surface area contributed by atoms with Gasteiger partial charge in [0, 0.05) is 22.8 Å². The van der Waals surface area contributed by atoms with Crippen LogP contribution < -0.4 is 0 Å². The summed E-state index contributed by atoms with van der Waals surface area (Å²) in [6, 6.07) is 0. The van der Waals surface area contributed by atoms with E-state index in [1.165, 1.54) is 0 Å². The summed E-state index contributed by atoms with van der Waals surface area (Å²) in [6.07, 6.45) is 1.02. The van der Waals surface area contributed by atoms with Gasteiger partial charge in [0.15, 0.2) is 0 Å². The SMILES string of the molecule is C[C@]12C[C@H]([SiH3])[C@@H](CO)[C@]1(CO)O2. The zero-order chi connectivity index (χ0) is 8.98. The van der Waals surface area contributed by atoms with Crippen LogP contribution in [0.15, 0.2) is 0 Å². The monoisotopic (exact) mass is 188 g/mol. The molecule has 0 bridgehead atoms. The van der Waals surface area contributed by atoms with E-state index in [1.807, 2.05) is 6.92 Å². The van der Waals surface area contributed by atoms with E-state index < -0.39 is 0 Å². The van der Waals surface area contributed by atoms with Crippen molar-refractivity contribution in [1.29, 1.82) is 0 Å². The molecule has 4 atom stereocenters. The fraction of sp³-hybridized carbons (Fsp3) is 1.00. The predicted octanol–water partition coefficient (Wildman–Crippen LogP) is -1.33. The molecule has 0 aromatic rings. The Hall–Kier alpha value is 0.0969. The largest absolute Gasteiger partial charge is 0.396 e. The average molecular weight is 188 g/mol. The molecule has 4 heteroatoms. The van der Waals surface area contributed by atoms with Gasteiger partial charge in [0.05, 0.1) is 12.2 Å². The van der Waals surface area contributed by atoms with Crippen molar-refractivity contribution in [2.24, 2.45) is 5.92 Å². The average Bonchev–Trinajstić information content (AvgIpc) is 2.52. The van der Waals surface area contributed by atoms with Crippen LogP contribution in [0.25, 0.3) is 0 Å². The minimum Gasteiger partial charge on any atom is -0.396 e. The Bertz CT molecular complexity index is 210. The minimum atomic E-state index is -0.381. The van der Waals surface area contributed by atoms with E-state index in [0.29, 0.717) is 5.54 Å². The second kappa shape index (κ2) is 2.32. The quantitative estimate of drug-likeness (QED) is 0.417. The molecule has 1 aliphatic heterocycles. The molecule has 1 saturated carbocycles. The number of hydrogen-bond donors (Lipinski definition) is 2. The lowest BCUT2D eigenvalue weighted by molar-refractivity contribution is 0.0740. The predicted molar refractivity (Wildman–Crippen MR) is 48.2 cm³/mol. The first-order chi connectivity index (χ1) is 5.59. The fourth-order valence-corrected chi connectivity index (χ4v) is 4.45. The van der Waals surface area contributed by atoms with Crippen molar-refractivity contribution in [1.82, 2.24) is 0 Å². The molecule has 2 rings (SSSR count). The highest BCUT2D eigenvalue weighted by Crippen LogP contribution is 2.65. The van der Waals surface area contributed by atoms with Gasteiger partial charge in [-0.15, -0.1) is 0 Å². The first-order valence-corrected chi connectivity index (χ1v) is 5.67. The molecule has 0 aromatic carbocycles. The topological polar surface area (TPSA) is 53.0 Å². The van der Waals surface area contributed by atoms with E-state index in [4.69, 9.17) is 4.74 Å². The van der Waals surface area contributed by atoms with Crippen molar-refractivity contribution >= 4 is 10.2 Å². The van der Waals surface area contributed by atoms with Crippen LogP contribution in [-0.2, 0) is 4.74 Å². The van der Waals surface area contributed by atoms with Crippen LogP contribution >= 0.6 is 0 Å². The van der Waals surface area contributed by atoms with E-state index in [-0.39, 0.29) is 30.3 Å². The summed E-state index contributed by atoms with van der Waals surface area (Å²) in [5.74, 6) is 0.180. The van der Waals surface area contributed by atoms with E-state index in [1.54, 1.807) is 0 Å². The number of rotatable bonds is 2. The van der Waals surface area contributed by atoms with Gasteiger partial charge in [-0.2, -0.15) is 0 Å². The molecule has 1 saturated heterocycles. The highest BCUT2D eigenvalue weighted by atomic mass is 28.1. The van der Waals surface area contributed by atoms with Crippen molar-refractivity contribution < 1.29 is 14.9 Å². The van der Waals surface area contributed by atoms with Crippen molar-refractivity contribution in [3.05, 3.63) is 0 Å². The zero-order valence-corrected chi connectivity index (χ0v) is 9.58. The van der Waals surface area contributed by atoms with Crippen molar-refractivity contribution in [2.45, 2.75) is 30.1 Å². The van der Waals surface area contributed by atoms with Crippen LogP contribution in [0.2, 0.25) is 5.54 Å². The molecular weight excluding hydrogens is 172 g/mol. The van der Waals surface area contributed by atoms with Gasteiger partial charge in [-0.3, -0.25) is 0 Å². The van der Waals surface area contributed by atoms with Crippen molar-refractivity contribution in [2.75, 3.05) is 13.2 Å². The van der Waals surface area contributed by atoms with Gasteiger partial charge >= 0.3 is 0 Å². The van der Waals surface area contributed by atoms with Gasteiger partial charge < -0.3 is 14.9 Å². The molecule has 0 amide bonds. The fourth-order valence-electron chi connectivity index (χ4n) is 2.92. The van der Waals surface area contributed by atoms with Crippen LogP contribution in [-0.4, -0.2) is 44.9 Å². The van der Waals surface area contributed by atoms with E-state index in [0.717, 1.165) is 16.7 Å². The normalized spacial score (nSPS) is 57.2. The maximum atomic E-state index is 9.23. The molecule has 0 aromatic heterocycles. The summed E-state index contributed by atoms with van der Waals surface area (Å²) < 4.78 is 5.56. The van der Waals surface area contributed by atoms with E-state index in [2.05, 4.69) is 0 Å². The Labute approximate surface area is 75.2 Å². The second-order valence-corrected chi connectivity index (χ2v) is 5.83. The van der Waals surface area contributed by atoms with Gasteiger partial charge in [-0.25, -0.2) is 0 Å². The van der Waals surface area contributed by atoms with Crippen LogP contribution in [0.1, 0.15) is 13.3 Å². The standard InChI is InChI=1S/C8H16O3Si/c1-7-2-6(12)5(3-9)8(7,4-10)11-7/h5-6,9-10H,2-4H2,1,12H3/t5-,6+,7+,8+/m1/s1. The van der Waals surface area contributed by atoms with Gasteiger partial charge in [0.2, 0.25) is 0 Å². The van der Waals surface area contributed by atoms with E-state index in [9.17, 15) is 10.2 Å². The van der Waals surface area contributed by atoms with Crippen molar-refractivity contribution in [3.8, 4) is 0 Å². The smallest absolute Gasteiger partial charge is 0.125 e. The van der Waals surface area contributed by atoms with Crippen LogP contribution in [0.3, 0.4) is 0 Å². The third kappa shape index (κ3) is 0.763. The summed E-state index contributed by atoms with van der Waals surface area (Å²) in [4.78, 5) is 0. The Balaban J connectivity index is 2.23. The Kier molecular flexibility index (Phi) is 1.68. The second-order valence-electron chi connectivity index (χ2n) is 4.35. The maximum absolute atomic E-state index is 9.23. The zero-order valence-electron chi connectivity index (χ0n) is 7.58. The minimum absolute atomic E-state index is 0.0630. The number of hydrogen-bond acceptors (Lipinski definition) is 3. The maximum Gasteiger partial charge on any atom is 0.125 e. The summed E-state index contributed by atoms with van der Waals surface area (Å²) in [7, 11) is 1.08. The molecule has 1 aliphatic carbocycles. The van der Waals surface area contributed by atoms with Crippen LogP contribution in [0, 0.1) is 5.92 Å². The molecule has 1 heterocycles. The summed E-state index contributed by atoms with van der Waals surface area (Å²) in [6.45, 7) is 2.27. The number of aliphatic hydroxyl groups is 2. The molecule has 2 fully saturated rings. The highest BCUT2D eigenvalue weighted by Gasteiger charge is 2.75. The number of epoxide rings is 1. The lowest BCUT2D eigenvalue weighted by atomic mass is 9.91. The molecule has 2 aliphatic rings. The molecule has 12 heavy (non-hydrogen) atoms. The first-order valence-electron chi connectivity index (χ1n) is 4.51. The first kappa shape index (κ1) is 8.68. The lowest BCUT2D eigenvalue weighted by Crippen LogP contribution is -2.32. The van der Waals surface area contributed by atoms with Crippen LogP contribution in [0.5, 0.6) is 0 Å². The highest BCUT2D eigenvalue weighted by molar-refractivity contribution is 6.12. The molecule has 70 valence electrons. The summed E-state index contributed by atoms with van der Waals surface area (Å²) >= 11 is 0. The number of ether oxygens (including phenoxy) is 1. The molecule has 0 spiro atoms. The summed E-state index contributed by atoms with van der Waals surface area (Å²) in [5.41, 5.74) is 0.0938. The van der Waals surface area contributed by atoms with Gasteiger partial charge in [0.1, 0.15) is 5.60 Å². The Morgan fingerprint density at radius 2 is 2.25 bits per heavy atom. The third-order valence-corrected chi connectivity index (χ3v) is 4.90. The molecule has 0 unspecified atom stereocenters. The molecule has 0 radical (unpaired) electrons. The number of aliphatic hydroxyl groups excluding tert-OH is 2.